The van der Waals surface area contributed by atoms with E-state index >= 15 is 0 Å². The van der Waals surface area contributed by atoms with E-state index in [1.165, 1.54) is 12.1 Å². The maximum atomic E-state index is 13.9. The van der Waals surface area contributed by atoms with E-state index in [4.69, 9.17) is 11.6 Å². The number of rotatable bonds is 3. The summed E-state index contributed by atoms with van der Waals surface area (Å²) in [5.74, 6) is -0.951. The number of aryl methyl sites for hydroxylation is 1. The van der Waals surface area contributed by atoms with Crippen LogP contribution in [0.2, 0.25) is 0 Å². The number of halogens is 3. The zero-order chi connectivity index (χ0) is 12.5. The van der Waals surface area contributed by atoms with Crippen LogP contribution in [0.1, 0.15) is 38.3 Å². The molecule has 1 rings (SSSR count). The Hall–Kier alpha value is -0.630. The molecule has 0 spiro atoms. The lowest BCUT2D eigenvalue weighted by molar-refractivity contribution is 0.417. The van der Waals surface area contributed by atoms with Gasteiger partial charge in [-0.1, -0.05) is 19.9 Å². The van der Waals surface area contributed by atoms with Crippen molar-refractivity contribution in [2.45, 2.75) is 44.9 Å². The van der Waals surface area contributed by atoms with Gasteiger partial charge in [0.05, 0.1) is 0 Å². The Labute approximate surface area is 101 Å². The SMILES string of the molecule is Cc1ccc(F)c(C(C)(C)CC(C)Cl)c1F. The Morgan fingerprint density at radius 3 is 2.38 bits per heavy atom. The Kier molecular flexibility index (Phi) is 3.95. The highest BCUT2D eigenvalue weighted by molar-refractivity contribution is 6.20. The van der Waals surface area contributed by atoms with Crippen LogP contribution in [0.25, 0.3) is 0 Å². The topological polar surface area (TPSA) is 0 Å². The van der Waals surface area contributed by atoms with Crippen molar-refractivity contribution in [1.82, 2.24) is 0 Å². The van der Waals surface area contributed by atoms with Crippen LogP contribution in [0, 0.1) is 18.6 Å². The van der Waals surface area contributed by atoms with Gasteiger partial charge in [0.1, 0.15) is 11.6 Å². The fourth-order valence-corrected chi connectivity index (χ4v) is 2.47. The van der Waals surface area contributed by atoms with E-state index in [1.54, 1.807) is 6.92 Å². The van der Waals surface area contributed by atoms with Crippen molar-refractivity contribution in [3.8, 4) is 0 Å². The number of benzene rings is 1. The van der Waals surface area contributed by atoms with Gasteiger partial charge in [-0.25, -0.2) is 8.78 Å². The van der Waals surface area contributed by atoms with E-state index < -0.39 is 17.0 Å². The average Bonchev–Trinajstić information content (AvgIpc) is 2.09. The van der Waals surface area contributed by atoms with Crippen molar-refractivity contribution >= 4 is 11.6 Å². The molecule has 0 aliphatic carbocycles. The van der Waals surface area contributed by atoms with Gasteiger partial charge in [0.2, 0.25) is 0 Å². The quantitative estimate of drug-likeness (QED) is 0.686. The smallest absolute Gasteiger partial charge is 0.132 e. The van der Waals surface area contributed by atoms with Crippen LogP contribution < -0.4 is 0 Å². The Bertz CT molecular complexity index is 384. The monoisotopic (exact) mass is 246 g/mol. The zero-order valence-electron chi connectivity index (χ0n) is 10.1. The summed E-state index contributed by atoms with van der Waals surface area (Å²) in [5.41, 5.74) is 0.00755. The van der Waals surface area contributed by atoms with Crippen LogP contribution >= 0.6 is 11.6 Å². The van der Waals surface area contributed by atoms with Gasteiger partial charge in [-0.2, -0.15) is 0 Å². The predicted molar refractivity (Wildman–Crippen MR) is 64.1 cm³/mol. The maximum Gasteiger partial charge on any atom is 0.132 e. The third kappa shape index (κ3) is 2.73. The number of hydrogen-bond acceptors (Lipinski definition) is 0. The first-order valence-electron chi connectivity index (χ1n) is 5.35. The van der Waals surface area contributed by atoms with Crippen LogP contribution in [-0.2, 0) is 5.41 Å². The van der Waals surface area contributed by atoms with Crippen molar-refractivity contribution in [1.29, 1.82) is 0 Å². The summed E-state index contributed by atoms with van der Waals surface area (Å²) in [6.45, 7) is 7.09. The first kappa shape index (κ1) is 13.4. The van der Waals surface area contributed by atoms with E-state index in [-0.39, 0.29) is 10.9 Å². The summed E-state index contributed by atoms with van der Waals surface area (Å²) in [7, 11) is 0. The summed E-state index contributed by atoms with van der Waals surface area (Å²) in [4.78, 5) is 0. The lowest BCUT2D eigenvalue weighted by Crippen LogP contribution is -2.24. The molecule has 1 unspecified atom stereocenters. The molecular weight excluding hydrogens is 230 g/mol. The van der Waals surface area contributed by atoms with Crippen LogP contribution in [-0.4, -0.2) is 5.38 Å². The molecule has 1 aromatic carbocycles. The van der Waals surface area contributed by atoms with Crippen LogP contribution in [0.3, 0.4) is 0 Å². The third-order valence-electron chi connectivity index (χ3n) is 2.75. The van der Waals surface area contributed by atoms with Gasteiger partial charge < -0.3 is 0 Å². The second-order valence-corrected chi connectivity index (χ2v) is 5.67. The molecule has 0 aliphatic rings. The third-order valence-corrected chi connectivity index (χ3v) is 2.91. The molecule has 0 bridgehead atoms. The number of alkyl halides is 1. The molecule has 0 N–H and O–H groups in total. The minimum atomic E-state index is -0.596. The van der Waals surface area contributed by atoms with Crippen LogP contribution in [0.5, 0.6) is 0 Å². The lowest BCUT2D eigenvalue weighted by Gasteiger charge is -2.28. The van der Waals surface area contributed by atoms with Gasteiger partial charge in [0.15, 0.2) is 0 Å². The first-order valence-corrected chi connectivity index (χ1v) is 5.78. The van der Waals surface area contributed by atoms with E-state index in [9.17, 15) is 8.78 Å². The maximum absolute atomic E-state index is 13.9. The van der Waals surface area contributed by atoms with Gasteiger partial charge in [0, 0.05) is 10.9 Å². The van der Waals surface area contributed by atoms with Gasteiger partial charge in [-0.05, 0) is 37.3 Å². The van der Waals surface area contributed by atoms with Crippen molar-refractivity contribution in [3.63, 3.8) is 0 Å². The molecule has 3 heteroatoms. The summed E-state index contributed by atoms with van der Waals surface area (Å²) in [6, 6.07) is 2.77. The van der Waals surface area contributed by atoms with Gasteiger partial charge >= 0.3 is 0 Å². The first-order chi connectivity index (χ1) is 7.25. The number of hydrogen-bond donors (Lipinski definition) is 0. The molecule has 0 fully saturated rings. The van der Waals surface area contributed by atoms with E-state index in [0.29, 0.717) is 12.0 Å². The highest BCUT2D eigenvalue weighted by atomic mass is 35.5. The molecule has 1 aromatic rings. The van der Waals surface area contributed by atoms with Gasteiger partial charge in [-0.15, -0.1) is 11.6 Å². The van der Waals surface area contributed by atoms with Crippen molar-refractivity contribution in [2.24, 2.45) is 0 Å². The van der Waals surface area contributed by atoms with Crippen LogP contribution in [0.15, 0.2) is 12.1 Å². The zero-order valence-corrected chi connectivity index (χ0v) is 10.8. The second kappa shape index (κ2) is 4.70. The Morgan fingerprint density at radius 1 is 1.31 bits per heavy atom. The lowest BCUT2D eigenvalue weighted by atomic mass is 9.79. The highest BCUT2D eigenvalue weighted by Gasteiger charge is 2.29. The summed E-state index contributed by atoms with van der Waals surface area (Å²) in [6.07, 6.45) is 0.534. The fourth-order valence-electron chi connectivity index (χ4n) is 2.08. The van der Waals surface area contributed by atoms with E-state index in [0.717, 1.165) is 0 Å². The minimum absolute atomic E-state index is 0.116. The van der Waals surface area contributed by atoms with Crippen LogP contribution in [0.4, 0.5) is 8.78 Å². The predicted octanol–water partition coefficient (Wildman–Crippen LogP) is 4.57. The molecule has 0 saturated carbocycles. The molecule has 0 aromatic heterocycles. The largest absolute Gasteiger partial charge is 0.207 e. The highest BCUT2D eigenvalue weighted by Crippen LogP contribution is 2.34. The summed E-state index contributed by atoms with van der Waals surface area (Å²) < 4.78 is 27.6. The fraction of sp³-hybridized carbons (Fsp3) is 0.538. The van der Waals surface area contributed by atoms with Crippen molar-refractivity contribution in [2.75, 3.05) is 0 Å². The molecule has 0 heterocycles. The molecule has 0 aliphatic heterocycles. The standard InChI is InChI=1S/C13H17ClF2/c1-8-5-6-10(15)11(12(8)16)13(3,4)7-9(2)14/h5-6,9H,7H2,1-4H3. The molecule has 0 saturated heterocycles. The molecular formula is C13H17ClF2. The van der Waals surface area contributed by atoms with E-state index in [1.807, 2.05) is 20.8 Å². The summed E-state index contributed by atoms with van der Waals surface area (Å²) in [5, 5.41) is -0.116. The Balaban J connectivity index is 3.26. The minimum Gasteiger partial charge on any atom is -0.207 e. The molecule has 90 valence electrons. The Morgan fingerprint density at radius 2 is 1.88 bits per heavy atom. The summed E-state index contributed by atoms with van der Waals surface area (Å²) >= 11 is 5.91. The molecule has 0 amide bonds. The second-order valence-electron chi connectivity index (χ2n) is 4.92. The van der Waals surface area contributed by atoms with Crippen molar-refractivity contribution < 1.29 is 8.78 Å². The molecule has 0 radical (unpaired) electrons. The van der Waals surface area contributed by atoms with E-state index in [2.05, 4.69) is 0 Å². The van der Waals surface area contributed by atoms with Gasteiger partial charge in [-0.3, -0.25) is 0 Å². The normalized spacial score (nSPS) is 13.9. The van der Waals surface area contributed by atoms with Gasteiger partial charge in [0.25, 0.3) is 0 Å². The molecule has 16 heavy (non-hydrogen) atoms. The van der Waals surface area contributed by atoms with Crippen molar-refractivity contribution in [3.05, 3.63) is 34.9 Å². The molecule has 1 atom stereocenters. The molecule has 0 nitrogen and oxygen atoms in total. The average molecular weight is 247 g/mol.